The second-order valence-electron chi connectivity index (χ2n) is 4.66. The lowest BCUT2D eigenvalue weighted by atomic mass is 9.99. The van der Waals surface area contributed by atoms with Crippen LogP contribution in [0.25, 0.3) is 0 Å². The monoisotopic (exact) mass is 277 g/mol. The van der Waals surface area contributed by atoms with E-state index in [0.717, 1.165) is 12.8 Å². The molecule has 0 fully saturated rings. The SMILES string of the molecule is CCCc1ccc(C(=O)C(CC(=O)OCC)NC)cc1. The molecule has 4 heteroatoms. The van der Waals surface area contributed by atoms with Crippen molar-refractivity contribution in [1.82, 2.24) is 5.32 Å². The largest absolute Gasteiger partial charge is 0.466 e. The first-order chi connectivity index (χ1) is 9.62. The molecule has 1 aromatic carbocycles. The summed E-state index contributed by atoms with van der Waals surface area (Å²) in [6.07, 6.45) is 2.14. The maximum Gasteiger partial charge on any atom is 0.307 e. The highest BCUT2D eigenvalue weighted by molar-refractivity contribution is 6.01. The van der Waals surface area contributed by atoms with Crippen LogP contribution in [0.15, 0.2) is 24.3 Å². The van der Waals surface area contributed by atoms with E-state index in [1.165, 1.54) is 5.56 Å². The van der Waals surface area contributed by atoms with Crippen LogP contribution in [0.2, 0.25) is 0 Å². The van der Waals surface area contributed by atoms with E-state index >= 15 is 0 Å². The molecule has 1 atom stereocenters. The van der Waals surface area contributed by atoms with Gasteiger partial charge in [-0.3, -0.25) is 9.59 Å². The van der Waals surface area contributed by atoms with Crippen LogP contribution in [0, 0.1) is 0 Å². The number of aryl methyl sites for hydroxylation is 1. The molecule has 0 aromatic heterocycles. The van der Waals surface area contributed by atoms with Crippen molar-refractivity contribution in [2.75, 3.05) is 13.7 Å². The lowest BCUT2D eigenvalue weighted by Gasteiger charge is -2.14. The van der Waals surface area contributed by atoms with E-state index in [9.17, 15) is 9.59 Å². The summed E-state index contributed by atoms with van der Waals surface area (Å²) in [4.78, 5) is 23.8. The zero-order valence-corrected chi connectivity index (χ0v) is 12.4. The maximum absolute atomic E-state index is 12.3. The Bertz CT molecular complexity index is 440. The fraction of sp³-hybridized carbons (Fsp3) is 0.500. The van der Waals surface area contributed by atoms with Crippen LogP contribution in [0.3, 0.4) is 0 Å². The van der Waals surface area contributed by atoms with Crippen LogP contribution in [0.4, 0.5) is 0 Å². The Kier molecular flexibility index (Phi) is 6.94. The Balaban J connectivity index is 2.72. The van der Waals surface area contributed by atoms with E-state index in [0.29, 0.717) is 12.2 Å². The van der Waals surface area contributed by atoms with E-state index < -0.39 is 6.04 Å². The lowest BCUT2D eigenvalue weighted by Crippen LogP contribution is -2.36. The molecule has 20 heavy (non-hydrogen) atoms. The molecule has 0 aliphatic heterocycles. The number of rotatable bonds is 8. The molecule has 0 saturated heterocycles. The average molecular weight is 277 g/mol. The van der Waals surface area contributed by atoms with Crippen molar-refractivity contribution in [2.24, 2.45) is 0 Å². The molecule has 0 radical (unpaired) electrons. The van der Waals surface area contributed by atoms with E-state index in [1.54, 1.807) is 14.0 Å². The van der Waals surface area contributed by atoms with Gasteiger partial charge in [0.25, 0.3) is 0 Å². The number of hydrogen-bond donors (Lipinski definition) is 1. The van der Waals surface area contributed by atoms with Crippen molar-refractivity contribution < 1.29 is 14.3 Å². The maximum atomic E-state index is 12.3. The molecular formula is C16H23NO3. The fourth-order valence-corrected chi connectivity index (χ4v) is 2.04. The minimum Gasteiger partial charge on any atom is -0.466 e. The Morgan fingerprint density at radius 3 is 2.35 bits per heavy atom. The number of hydrogen-bond acceptors (Lipinski definition) is 4. The Hall–Kier alpha value is -1.68. The van der Waals surface area contributed by atoms with Crippen molar-refractivity contribution in [2.45, 2.75) is 39.2 Å². The van der Waals surface area contributed by atoms with Crippen LogP contribution in [-0.2, 0) is 16.0 Å². The van der Waals surface area contributed by atoms with Crippen molar-refractivity contribution in [3.63, 3.8) is 0 Å². The van der Waals surface area contributed by atoms with Gasteiger partial charge in [0.2, 0.25) is 0 Å². The number of ether oxygens (including phenoxy) is 1. The minimum atomic E-state index is -0.536. The van der Waals surface area contributed by atoms with Crippen molar-refractivity contribution in [3.8, 4) is 0 Å². The van der Waals surface area contributed by atoms with Gasteiger partial charge in [-0.05, 0) is 26.0 Å². The standard InChI is InChI=1S/C16H23NO3/c1-4-6-12-7-9-13(10-8-12)16(19)14(17-3)11-15(18)20-5-2/h7-10,14,17H,4-6,11H2,1-3H3. The molecule has 0 saturated carbocycles. The summed E-state index contributed by atoms with van der Waals surface area (Å²) in [6, 6.07) is 7.04. The van der Waals surface area contributed by atoms with E-state index in [2.05, 4.69) is 12.2 Å². The summed E-state index contributed by atoms with van der Waals surface area (Å²) >= 11 is 0. The number of carbonyl (C=O) groups excluding carboxylic acids is 2. The third-order valence-electron chi connectivity index (χ3n) is 3.12. The highest BCUT2D eigenvalue weighted by Crippen LogP contribution is 2.10. The van der Waals surface area contributed by atoms with Gasteiger partial charge in [-0.25, -0.2) is 0 Å². The number of nitrogens with one attached hydrogen (secondary N) is 1. The molecule has 0 heterocycles. The molecule has 110 valence electrons. The van der Waals surface area contributed by atoms with Crippen LogP contribution in [0.1, 0.15) is 42.6 Å². The van der Waals surface area contributed by atoms with Gasteiger partial charge in [-0.1, -0.05) is 37.6 Å². The van der Waals surface area contributed by atoms with Gasteiger partial charge < -0.3 is 10.1 Å². The fourth-order valence-electron chi connectivity index (χ4n) is 2.04. The Labute approximate surface area is 120 Å². The summed E-state index contributed by atoms with van der Waals surface area (Å²) in [5.74, 6) is -0.439. The average Bonchev–Trinajstić information content (AvgIpc) is 2.45. The van der Waals surface area contributed by atoms with E-state index in [-0.39, 0.29) is 18.2 Å². The molecule has 1 rings (SSSR count). The van der Waals surface area contributed by atoms with Crippen molar-refractivity contribution in [3.05, 3.63) is 35.4 Å². The molecule has 0 bridgehead atoms. The van der Waals surface area contributed by atoms with Crippen LogP contribution >= 0.6 is 0 Å². The smallest absolute Gasteiger partial charge is 0.307 e. The first-order valence-corrected chi connectivity index (χ1v) is 7.08. The van der Waals surface area contributed by atoms with E-state index in [4.69, 9.17) is 4.74 Å². The quantitative estimate of drug-likeness (QED) is 0.585. The van der Waals surface area contributed by atoms with Crippen LogP contribution in [0.5, 0.6) is 0 Å². The number of ketones is 1. The number of esters is 1. The molecule has 0 spiro atoms. The molecule has 1 N–H and O–H groups in total. The molecular weight excluding hydrogens is 254 g/mol. The predicted molar refractivity (Wildman–Crippen MR) is 78.9 cm³/mol. The van der Waals surface area contributed by atoms with Gasteiger partial charge in [0, 0.05) is 5.56 Å². The second-order valence-corrected chi connectivity index (χ2v) is 4.66. The summed E-state index contributed by atoms with van der Waals surface area (Å²) in [5, 5.41) is 2.88. The van der Waals surface area contributed by atoms with Crippen LogP contribution < -0.4 is 5.32 Å². The van der Waals surface area contributed by atoms with Gasteiger partial charge in [-0.2, -0.15) is 0 Å². The summed E-state index contributed by atoms with van der Waals surface area (Å²) < 4.78 is 4.88. The Morgan fingerprint density at radius 1 is 1.20 bits per heavy atom. The van der Waals surface area contributed by atoms with Crippen molar-refractivity contribution in [1.29, 1.82) is 0 Å². The Morgan fingerprint density at radius 2 is 1.85 bits per heavy atom. The number of likely N-dealkylation sites (N-methyl/N-ethyl adjacent to an activating group) is 1. The van der Waals surface area contributed by atoms with Crippen molar-refractivity contribution >= 4 is 11.8 Å². The highest BCUT2D eigenvalue weighted by atomic mass is 16.5. The number of Topliss-reactive ketones (excluding diaryl/α,β-unsaturated/α-hetero) is 1. The third-order valence-corrected chi connectivity index (χ3v) is 3.12. The molecule has 4 nitrogen and oxygen atoms in total. The van der Waals surface area contributed by atoms with Gasteiger partial charge in [0.15, 0.2) is 5.78 Å². The molecule has 0 aliphatic rings. The first-order valence-electron chi connectivity index (χ1n) is 7.08. The molecule has 0 aliphatic carbocycles. The summed E-state index contributed by atoms with van der Waals surface area (Å²) in [7, 11) is 1.67. The van der Waals surface area contributed by atoms with Gasteiger partial charge >= 0.3 is 5.97 Å². The molecule has 1 aromatic rings. The van der Waals surface area contributed by atoms with Gasteiger partial charge in [0.1, 0.15) is 0 Å². The van der Waals surface area contributed by atoms with Gasteiger partial charge in [0.05, 0.1) is 19.1 Å². The normalized spacial score (nSPS) is 11.9. The van der Waals surface area contributed by atoms with Gasteiger partial charge in [-0.15, -0.1) is 0 Å². The summed E-state index contributed by atoms with van der Waals surface area (Å²) in [6.45, 7) is 4.20. The number of carbonyl (C=O) groups is 2. The molecule has 0 amide bonds. The molecule has 1 unspecified atom stereocenters. The minimum absolute atomic E-state index is 0.0554. The van der Waals surface area contributed by atoms with Crippen LogP contribution in [-0.4, -0.2) is 31.4 Å². The second kappa shape index (κ2) is 8.48. The summed E-state index contributed by atoms with van der Waals surface area (Å²) in [5.41, 5.74) is 1.84. The topological polar surface area (TPSA) is 55.4 Å². The van der Waals surface area contributed by atoms with E-state index in [1.807, 2.05) is 24.3 Å². The highest BCUT2D eigenvalue weighted by Gasteiger charge is 2.22. The zero-order chi connectivity index (χ0) is 15.0. The lowest BCUT2D eigenvalue weighted by molar-refractivity contribution is -0.143. The first kappa shape index (κ1) is 16.4. The third kappa shape index (κ3) is 4.78. The predicted octanol–water partition coefficient (Wildman–Crippen LogP) is 2.36. The zero-order valence-electron chi connectivity index (χ0n) is 12.4. The number of benzene rings is 1.